The molecule has 3 N–H and O–H groups in total. The standard InChI is InChI=1S/C13H20N2O3/c1-13(2,6-3-7-16)9-15-10-4-5-11(12(17)18)14-8-10/h4-5,8,15-16H,3,6-7,9H2,1-2H3,(H,17,18). The number of pyridine rings is 1. The number of carboxylic acids is 1. The molecule has 1 heterocycles. The molecule has 0 aliphatic rings. The lowest BCUT2D eigenvalue weighted by atomic mass is 9.88. The molecule has 0 radical (unpaired) electrons. The van der Waals surface area contributed by atoms with Crippen molar-refractivity contribution in [2.45, 2.75) is 26.7 Å². The van der Waals surface area contributed by atoms with Gasteiger partial charge in [0.25, 0.3) is 0 Å². The molecule has 100 valence electrons. The van der Waals surface area contributed by atoms with Crippen LogP contribution in [0.1, 0.15) is 37.2 Å². The first kappa shape index (κ1) is 14.4. The number of anilines is 1. The predicted octanol–water partition coefficient (Wildman–Crippen LogP) is 1.99. The Balaban J connectivity index is 2.50. The van der Waals surface area contributed by atoms with Crippen LogP contribution >= 0.6 is 0 Å². The van der Waals surface area contributed by atoms with Crippen LogP contribution in [0.2, 0.25) is 0 Å². The maximum absolute atomic E-state index is 10.6. The number of nitrogens with zero attached hydrogens (tertiary/aromatic N) is 1. The second-order valence-electron chi connectivity index (χ2n) is 5.08. The summed E-state index contributed by atoms with van der Waals surface area (Å²) in [4.78, 5) is 14.5. The molecule has 1 aromatic rings. The van der Waals surface area contributed by atoms with E-state index in [1.54, 1.807) is 6.07 Å². The van der Waals surface area contributed by atoms with Gasteiger partial charge in [-0.1, -0.05) is 13.8 Å². The van der Waals surface area contributed by atoms with Gasteiger partial charge in [0.1, 0.15) is 5.69 Å². The highest BCUT2D eigenvalue weighted by atomic mass is 16.4. The van der Waals surface area contributed by atoms with Crippen molar-refractivity contribution in [3.05, 3.63) is 24.0 Å². The fourth-order valence-electron chi connectivity index (χ4n) is 1.61. The zero-order valence-electron chi connectivity index (χ0n) is 10.8. The molecule has 1 rings (SSSR count). The van der Waals surface area contributed by atoms with Crippen molar-refractivity contribution in [1.82, 2.24) is 4.98 Å². The van der Waals surface area contributed by atoms with E-state index in [9.17, 15) is 4.79 Å². The van der Waals surface area contributed by atoms with Gasteiger partial charge >= 0.3 is 5.97 Å². The SMILES string of the molecule is CC(C)(CCCO)CNc1ccc(C(=O)O)nc1. The number of aromatic carboxylic acids is 1. The Hall–Kier alpha value is -1.62. The maximum atomic E-state index is 10.6. The number of aromatic nitrogens is 1. The summed E-state index contributed by atoms with van der Waals surface area (Å²) in [7, 11) is 0. The Kier molecular flexibility index (Phi) is 5.09. The van der Waals surface area contributed by atoms with E-state index in [4.69, 9.17) is 10.2 Å². The van der Waals surface area contributed by atoms with Crippen molar-refractivity contribution in [2.24, 2.45) is 5.41 Å². The molecule has 0 aliphatic carbocycles. The zero-order chi connectivity index (χ0) is 13.6. The molecule has 0 fully saturated rings. The topological polar surface area (TPSA) is 82.5 Å². The van der Waals surface area contributed by atoms with Gasteiger partial charge in [0.05, 0.1) is 11.9 Å². The number of aliphatic hydroxyl groups is 1. The number of hydrogen-bond acceptors (Lipinski definition) is 4. The molecule has 0 bridgehead atoms. The van der Waals surface area contributed by atoms with E-state index in [1.165, 1.54) is 12.3 Å². The van der Waals surface area contributed by atoms with E-state index in [2.05, 4.69) is 24.1 Å². The smallest absolute Gasteiger partial charge is 0.354 e. The third kappa shape index (κ3) is 4.71. The number of aliphatic hydroxyl groups excluding tert-OH is 1. The van der Waals surface area contributed by atoms with Crippen molar-refractivity contribution >= 4 is 11.7 Å². The quantitative estimate of drug-likeness (QED) is 0.691. The summed E-state index contributed by atoms with van der Waals surface area (Å²) in [6, 6.07) is 3.18. The average molecular weight is 252 g/mol. The van der Waals surface area contributed by atoms with Crippen LogP contribution in [-0.4, -0.2) is 34.3 Å². The Morgan fingerprint density at radius 3 is 2.67 bits per heavy atom. The molecule has 0 aliphatic heterocycles. The number of carboxylic acid groups (broad SMARTS) is 1. The summed E-state index contributed by atoms with van der Waals surface area (Å²) in [6.07, 6.45) is 3.23. The normalized spacial score (nSPS) is 11.3. The number of rotatable bonds is 7. The average Bonchev–Trinajstić information content (AvgIpc) is 2.35. The van der Waals surface area contributed by atoms with Gasteiger partial charge in [-0.3, -0.25) is 0 Å². The molecule has 0 aromatic carbocycles. The van der Waals surface area contributed by atoms with Crippen LogP contribution in [-0.2, 0) is 0 Å². The lowest BCUT2D eigenvalue weighted by molar-refractivity contribution is 0.0690. The van der Waals surface area contributed by atoms with Gasteiger partial charge in [0, 0.05) is 13.2 Å². The number of hydrogen-bond donors (Lipinski definition) is 3. The summed E-state index contributed by atoms with van der Waals surface area (Å²) >= 11 is 0. The van der Waals surface area contributed by atoms with Gasteiger partial charge in [0.15, 0.2) is 0 Å². The monoisotopic (exact) mass is 252 g/mol. The van der Waals surface area contributed by atoms with E-state index in [-0.39, 0.29) is 17.7 Å². The Labute approximate surface area is 107 Å². The van der Waals surface area contributed by atoms with Crippen molar-refractivity contribution in [1.29, 1.82) is 0 Å². The molecule has 0 spiro atoms. The largest absolute Gasteiger partial charge is 0.477 e. The van der Waals surface area contributed by atoms with E-state index >= 15 is 0 Å². The van der Waals surface area contributed by atoms with Crippen LogP contribution in [0.5, 0.6) is 0 Å². The Bertz CT molecular complexity index is 388. The Morgan fingerprint density at radius 2 is 2.17 bits per heavy atom. The maximum Gasteiger partial charge on any atom is 0.354 e. The Morgan fingerprint density at radius 1 is 1.44 bits per heavy atom. The molecular weight excluding hydrogens is 232 g/mol. The highest BCUT2D eigenvalue weighted by molar-refractivity contribution is 5.85. The summed E-state index contributed by atoms with van der Waals surface area (Å²) in [5.41, 5.74) is 0.922. The van der Waals surface area contributed by atoms with Gasteiger partial charge < -0.3 is 15.5 Å². The molecule has 18 heavy (non-hydrogen) atoms. The van der Waals surface area contributed by atoms with Crippen LogP contribution in [0.15, 0.2) is 18.3 Å². The van der Waals surface area contributed by atoms with E-state index < -0.39 is 5.97 Å². The molecule has 0 saturated carbocycles. The second kappa shape index (κ2) is 6.35. The zero-order valence-corrected chi connectivity index (χ0v) is 10.8. The van der Waals surface area contributed by atoms with Crippen molar-refractivity contribution in [2.75, 3.05) is 18.5 Å². The van der Waals surface area contributed by atoms with Gasteiger partial charge in [-0.05, 0) is 30.4 Å². The highest BCUT2D eigenvalue weighted by Crippen LogP contribution is 2.22. The molecule has 0 saturated heterocycles. The summed E-state index contributed by atoms with van der Waals surface area (Å²) in [6.45, 7) is 5.20. The fraction of sp³-hybridized carbons (Fsp3) is 0.538. The molecular formula is C13H20N2O3. The first-order chi connectivity index (χ1) is 8.44. The number of carbonyl (C=O) groups is 1. The minimum Gasteiger partial charge on any atom is -0.477 e. The van der Waals surface area contributed by atoms with Crippen molar-refractivity contribution in [3.63, 3.8) is 0 Å². The highest BCUT2D eigenvalue weighted by Gasteiger charge is 2.16. The van der Waals surface area contributed by atoms with Crippen molar-refractivity contribution < 1.29 is 15.0 Å². The summed E-state index contributed by atoms with van der Waals surface area (Å²) in [5.74, 6) is -1.02. The number of nitrogens with one attached hydrogen (secondary N) is 1. The van der Waals surface area contributed by atoms with E-state index in [1.807, 2.05) is 0 Å². The molecule has 0 unspecified atom stereocenters. The molecule has 5 heteroatoms. The van der Waals surface area contributed by atoms with Crippen molar-refractivity contribution in [3.8, 4) is 0 Å². The van der Waals surface area contributed by atoms with Gasteiger partial charge in [-0.25, -0.2) is 9.78 Å². The van der Waals surface area contributed by atoms with Crippen LogP contribution in [0.25, 0.3) is 0 Å². The van der Waals surface area contributed by atoms with Crippen LogP contribution in [0.3, 0.4) is 0 Å². The molecule has 0 amide bonds. The molecule has 0 atom stereocenters. The first-order valence-electron chi connectivity index (χ1n) is 5.99. The third-order valence-corrected chi connectivity index (χ3v) is 2.77. The second-order valence-corrected chi connectivity index (χ2v) is 5.08. The molecule has 5 nitrogen and oxygen atoms in total. The predicted molar refractivity (Wildman–Crippen MR) is 69.8 cm³/mol. The van der Waals surface area contributed by atoms with Crippen LogP contribution in [0.4, 0.5) is 5.69 Å². The molecule has 1 aromatic heterocycles. The first-order valence-corrected chi connectivity index (χ1v) is 5.99. The van der Waals surface area contributed by atoms with Gasteiger partial charge in [0.2, 0.25) is 0 Å². The lowest BCUT2D eigenvalue weighted by Crippen LogP contribution is -2.23. The van der Waals surface area contributed by atoms with E-state index in [0.29, 0.717) is 0 Å². The summed E-state index contributed by atoms with van der Waals surface area (Å²) < 4.78 is 0. The minimum atomic E-state index is -1.02. The third-order valence-electron chi connectivity index (χ3n) is 2.77. The van der Waals surface area contributed by atoms with Crippen LogP contribution in [0, 0.1) is 5.41 Å². The minimum absolute atomic E-state index is 0.0418. The van der Waals surface area contributed by atoms with Crippen LogP contribution < -0.4 is 5.32 Å². The summed E-state index contributed by atoms with van der Waals surface area (Å²) in [5, 5.41) is 20.8. The van der Waals surface area contributed by atoms with Gasteiger partial charge in [-0.15, -0.1) is 0 Å². The fourth-order valence-corrected chi connectivity index (χ4v) is 1.61. The lowest BCUT2D eigenvalue weighted by Gasteiger charge is -2.25. The van der Waals surface area contributed by atoms with Gasteiger partial charge in [-0.2, -0.15) is 0 Å². The van der Waals surface area contributed by atoms with E-state index in [0.717, 1.165) is 25.1 Å².